The molecule has 28 heavy (non-hydrogen) atoms. The van der Waals surface area contributed by atoms with E-state index in [1.807, 2.05) is 32.0 Å². The number of carbonyl (C=O) groups is 1. The van der Waals surface area contributed by atoms with Crippen molar-refractivity contribution >= 4 is 11.7 Å². The van der Waals surface area contributed by atoms with Gasteiger partial charge in [0.2, 0.25) is 0 Å². The number of rotatable bonds is 3. The lowest BCUT2D eigenvalue weighted by atomic mass is 9.78. The Morgan fingerprint density at radius 2 is 2.04 bits per heavy atom. The standard InChI is InChI=1S/C22H27N3O3/c1-14-13-17(20(23)26)21(24-15(14)2)25-10-8-22(9-11-25)19-16(7-12-28-22)5-4-6-18(19)27-3/h4-6,13H,7-12H2,1-3H3,(H2,23,26). The summed E-state index contributed by atoms with van der Waals surface area (Å²) in [5.41, 5.74) is 10.2. The van der Waals surface area contributed by atoms with Gasteiger partial charge in [-0.1, -0.05) is 12.1 Å². The van der Waals surface area contributed by atoms with Gasteiger partial charge in [0.15, 0.2) is 0 Å². The number of methoxy groups -OCH3 is 1. The Morgan fingerprint density at radius 1 is 1.29 bits per heavy atom. The van der Waals surface area contributed by atoms with Crippen LogP contribution in [0.4, 0.5) is 5.82 Å². The number of pyridine rings is 1. The molecule has 6 nitrogen and oxygen atoms in total. The van der Waals surface area contributed by atoms with E-state index in [-0.39, 0.29) is 5.60 Å². The number of primary amides is 1. The predicted molar refractivity (Wildman–Crippen MR) is 108 cm³/mol. The monoisotopic (exact) mass is 381 g/mol. The van der Waals surface area contributed by atoms with Crippen molar-refractivity contribution in [2.24, 2.45) is 5.73 Å². The van der Waals surface area contributed by atoms with E-state index in [2.05, 4.69) is 16.0 Å². The third-order valence-electron chi connectivity index (χ3n) is 6.12. The van der Waals surface area contributed by atoms with Crippen molar-refractivity contribution in [2.45, 2.75) is 38.7 Å². The number of anilines is 1. The van der Waals surface area contributed by atoms with E-state index in [4.69, 9.17) is 15.2 Å². The first-order chi connectivity index (χ1) is 13.4. The smallest absolute Gasteiger partial charge is 0.252 e. The van der Waals surface area contributed by atoms with Gasteiger partial charge in [-0.3, -0.25) is 4.79 Å². The minimum absolute atomic E-state index is 0.344. The molecule has 2 N–H and O–H groups in total. The van der Waals surface area contributed by atoms with Crippen LogP contribution in [0.15, 0.2) is 24.3 Å². The summed E-state index contributed by atoms with van der Waals surface area (Å²) in [4.78, 5) is 18.8. The Kier molecular flexibility index (Phi) is 4.75. The second-order valence-electron chi connectivity index (χ2n) is 7.70. The highest BCUT2D eigenvalue weighted by Crippen LogP contribution is 2.46. The van der Waals surface area contributed by atoms with Crippen molar-refractivity contribution in [3.8, 4) is 5.75 Å². The summed E-state index contributed by atoms with van der Waals surface area (Å²) < 4.78 is 12.0. The van der Waals surface area contributed by atoms with Crippen molar-refractivity contribution in [1.29, 1.82) is 0 Å². The summed E-state index contributed by atoms with van der Waals surface area (Å²) in [5.74, 6) is 1.14. The van der Waals surface area contributed by atoms with E-state index >= 15 is 0 Å². The third kappa shape index (κ3) is 3.02. The number of hydrogen-bond donors (Lipinski definition) is 1. The zero-order valence-corrected chi connectivity index (χ0v) is 16.7. The molecule has 3 heterocycles. The molecule has 1 aromatic heterocycles. The number of ether oxygens (including phenoxy) is 2. The normalized spacial score (nSPS) is 18.0. The molecule has 0 atom stereocenters. The van der Waals surface area contributed by atoms with Gasteiger partial charge in [0.05, 0.1) is 19.3 Å². The molecule has 1 amide bonds. The van der Waals surface area contributed by atoms with Gasteiger partial charge in [0.1, 0.15) is 17.2 Å². The molecule has 2 aromatic rings. The zero-order valence-electron chi connectivity index (χ0n) is 16.7. The molecule has 0 bridgehead atoms. The lowest BCUT2D eigenvalue weighted by molar-refractivity contribution is -0.0780. The predicted octanol–water partition coefficient (Wildman–Crippen LogP) is 2.87. The van der Waals surface area contributed by atoms with Crippen molar-refractivity contribution in [1.82, 2.24) is 4.98 Å². The number of nitrogens with zero attached hydrogens (tertiary/aromatic N) is 2. The van der Waals surface area contributed by atoms with Gasteiger partial charge >= 0.3 is 0 Å². The van der Waals surface area contributed by atoms with Crippen LogP contribution in [0.25, 0.3) is 0 Å². The van der Waals surface area contributed by atoms with Gasteiger partial charge in [-0.05, 0) is 56.4 Å². The van der Waals surface area contributed by atoms with Gasteiger partial charge in [0, 0.05) is 24.3 Å². The molecule has 2 aliphatic rings. The zero-order chi connectivity index (χ0) is 19.9. The molecular formula is C22H27N3O3. The van der Waals surface area contributed by atoms with E-state index < -0.39 is 5.91 Å². The molecule has 2 aliphatic heterocycles. The van der Waals surface area contributed by atoms with Gasteiger partial charge in [-0.2, -0.15) is 0 Å². The fourth-order valence-electron chi connectivity index (χ4n) is 4.49. The number of benzene rings is 1. The molecular weight excluding hydrogens is 354 g/mol. The third-order valence-corrected chi connectivity index (χ3v) is 6.12. The molecule has 0 saturated carbocycles. The molecule has 6 heteroatoms. The van der Waals surface area contributed by atoms with Crippen molar-refractivity contribution in [2.75, 3.05) is 31.7 Å². The largest absolute Gasteiger partial charge is 0.496 e. The molecule has 0 radical (unpaired) electrons. The maximum absolute atomic E-state index is 12.0. The Balaban J connectivity index is 1.66. The maximum atomic E-state index is 12.0. The Bertz CT molecular complexity index is 903. The first-order valence-electron chi connectivity index (χ1n) is 9.78. The highest BCUT2D eigenvalue weighted by Gasteiger charge is 2.43. The van der Waals surface area contributed by atoms with Crippen LogP contribution in [0, 0.1) is 13.8 Å². The Morgan fingerprint density at radius 3 is 2.71 bits per heavy atom. The lowest BCUT2D eigenvalue weighted by Gasteiger charge is -2.46. The maximum Gasteiger partial charge on any atom is 0.252 e. The number of fused-ring (bicyclic) bond motifs is 2. The number of aromatic nitrogens is 1. The van der Waals surface area contributed by atoms with E-state index in [1.54, 1.807) is 7.11 Å². The van der Waals surface area contributed by atoms with Crippen molar-refractivity contribution in [3.63, 3.8) is 0 Å². The summed E-state index contributed by atoms with van der Waals surface area (Å²) in [7, 11) is 1.71. The fraction of sp³-hybridized carbons (Fsp3) is 0.455. The lowest BCUT2D eigenvalue weighted by Crippen LogP contribution is -2.47. The Hall–Kier alpha value is -2.60. The molecule has 1 saturated heterocycles. The number of piperidine rings is 1. The van der Waals surface area contributed by atoms with Gasteiger partial charge in [-0.15, -0.1) is 0 Å². The summed E-state index contributed by atoms with van der Waals surface area (Å²) >= 11 is 0. The average Bonchev–Trinajstić information content (AvgIpc) is 2.70. The topological polar surface area (TPSA) is 77.7 Å². The summed E-state index contributed by atoms with van der Waals surface area (Å²) in [6.07, 6.45) is 2.53. The summed E-state index contributed by atoms with van der Waals surface area (Å²) in [6, 6.07) is 8.08. The van der Waals surface area contributed by atoms with Crippen molar-refractivity contribution in [3.05, 3.63) is 52.2 Å². The van der Waals surface area contributed by atoms with Crippen LogP contribution in [-0.4, -0.2) is 37.7 Å². The van der Waals surface area contributed by atoms with Crippen LogP contribution < -0.4 is 15.4 Å². The van der Waals surface area contributed by atoms with Gasteiger partial charge in [0.25, 0.3) is 5.91 Å². The van der Waals surface area contributed by atoms with Crippen LogP contribution in [0.1, 0.15) is 45.6 Å². The van der Waals surface area contributed by atoms with E-state index in [9.17, 15) is 4.79 Å². The van der Waals surface area contributed by atoms with Crippen LogP contribution in [0.2, 0.25) is 0 Å². The second-order valence-corrected chi connectivity index (χ2v) is 7.70. The van der Waals surface area contributed by atoms with Gasteiger partial charge < -0.3 is 20.1 Å². The molecule has 0 aliphatic carbocycles. The van der Waals surface area contributed by atoms with E-state index in [0.29, 0.717) is 18.0 Å². The van der Waals surface area contributed by atoms with Gasteiger partial charge in [-0.25, -0.2) is 4.98 Å². The highest BCUT2D eigenvalue weighted by molar-refractivity contribution is 5.98. The van der Waals surface area contributed by atoms with Crippen LogP contribution >= 0.6 is 0 Å². The molecule has 148 valence electrons. The molecule has 4 rings (SSSR count). The quantitative estimate of drug-likeness (QED) is 0.885. The van der Waals surface area contributed by atoms with Crippen molar-refractivity contribution < 1.29 is 14.3 Å². The highest BCUT2D eigenvalue weighted by atomic mass is 16.5. The number of aryl methyl sites for hydroxylation is 2. The number of amides is 1. The molecule has 1 aromatic carbocycles. The minimum Gasteiger partial charge on any atom is -0.496 e. The van der Waals surface area contributed by atoms with Crippen LogP contribution in [0.5, 0.6) is 5.75 Å². The van der Waals surface area contributed by atoms with Crippen LogP contribution in [0.3, 0.4) is 0 Å². The second kappa shape index (κ2) is 7.09. The first-order valence-corrected chi connectivity index (χ1v) is 9.78. The number of carbonyl (C=O) groups excluding carboxylic acids is 1. The SMILES string of the molecule is COc1cccc2c1C1(CCN(c3nc(C)c(C)cc3C(N)=O)CC1)OCC2. The number of nitrogens with two attached hydrogens (primary N) is 1. The first kappa shape index (κ1) is 18.7. The molecule has 1 spiro atoms. The number of hydrogen-bond acceptors (Lipinski definition) is 5. The van der Waals surface area contributed by atoms with E-state index in [1.165, 1.54) is 11.1 Å². The minimum atomic E-state index is -0.438. The Labute approximate surface area is 165 Å². The van der Waals surface area contributed by atoms with E-state index in [0.717, 1.165) is 49.4 Å². The summed E-state index contributed by atoms with van der Waals surface area (Å²) in [6.45, 7) is 6.11. The van der Waals surface area contributed by atoms with Crippen LogP contribution in [-0.2, 0) is 16.8 Å². The molecule has 1 fully saturated rings. The average molecular weight is 381 g/mol. The molecule has 0 unspecified atom stereocenters. The fourth-order valence-corrected chi connectivity index (χ4v) is 4.49. The summed E-state index contributed by atoms with van der Waals surface area (Å²) in [5, 5.41) is 0.